The maximum absolute atomic E-state index is 12.3. The summed E-state index contributed by atoms with van der Waals surface area (Å²) in [5.74, 6) is 0.191. The first-order chi connectivity index (χ1) is 9.45. The highest BCUT2D eigenvalue weighted by Gasteiger charge is 2.35. The third kappa shape index (κ3) is 4.25. The molecule has 1 saturated carbocycles. The monoisotopic (exact) mass is 290 g/mol. The lowest BCUT2D eigenvalue weighted by Gasteiger charge is -2.20. The molecule has 1 aromatic heterocycles. The van der Waals surface area contributed by atoms with Gasteiger partial charge in [0.2, 0.25) is 5.91 Å². The van der Waals surface area contributed by atoms with Crippen LogP contribution in [0.25, 0.3) is 0 Å². The lowest BCUT2D eigenvalue weighted by molar-refractivity contribution is -0.141. The van der Waals surface area contributed by atoms with Crippen molar-refractivity contribution in [2.45, 2.75) is 51.1 Å². The quantitative estimate of drug-likeness (QED) is 0.912. The van der Waals surface area contributed by atoms with Gasteiger partial charge in [0.25, 0.3) is 0 Å². The van der Waals surface area contributed by atoms with Crippen LogP contribution >= 0.6 is 0 Å². The molecule has 4 nitrogen and oxygen atoms in total. The average Bonchev–Trinajstić information content (AvgIpc) is 2.86. The fourth-order valence-corrected chi connectivity index (χ4v) is 2.45. The van der Waals surface area contributed by atoms with E-state index in [9.17, 15) is 18.0 Å². The summed E-state index contributed by atoms with van der Waals surface area (Å²) in [4.78, 5) is 14.8. The highest BCUT2D eigenvalue weighted by Crippen LogP contribution is 2.30. The van der Waals surface area contributed by atoms with E-state index in [2.05, 4.69) is 14.7 Å². The Morgan fingerprint density at radius 2 is 2.05 bits per heavy atom. The van der Waals surface area contributed by atoms with E-state index in [1.54, 1.807) is 0 Å². The number of oxazole rings is 1. The van der Waals surface area contributed by atoms with Crippen LogP contribution in [-0.2, 0) is 11.0 Å². The van der Waals surface area contributed by atoms with Crippen LogP contribution in [0.2, 0.25) is 0 Å². The normalized spacial score (nSPS) is 17.1. The summed E-state index contributed by atoms with van der Waals surface area (Å²) in [6, 6.07) is -0.397. The Bertz CT molecular complexity index is 451. The average molecular weight is 290 g/mol. The van der Waals surface area contributed by atoms with Crippen molar-refractivity contribution in [3.05, 3.63) is 12.0 Å². The summed E-state index contributed by atoms with van der Waals surface area (Å²) < 4.78 is 41.5. The van der Waals surface area contributed by atoms with Crippen LogP contribution < -0.4 is 5.32 Å². The van der Waals surface area contributed by atoms with Gasteiger partial charge in [-0.2, -0.15) is 18.2 Å². The molecule has 0 saturated heterocycles. The third-order valence-corrected chi connectivity index (χ3v) is 3.55. The van der Waals surface area contributed by atoms with Gasteiger partial charge in [-0.15, -0.1) is 0 Å². The number of amides is 1. The van der Waals surface area contributed by atoms with E-state index in [0.717, 1.165) is 19.3 Å². The number of carbonyl (C=O) groups excluding carboxylic acids is 1. The van der Waals surface area contributed by atoms with E-state index >= 15 is 0 Å². The molecule has 1 aliphatic carbocycles. The van der Waals surface area contributed by atoms with Crippen LogP contribution in [0.5, 0.6) is 0 Å². The number of alkyl halides is 3. The largest absolute Gasteiger partial charge is 0.436 e. The van der Waals surface area contributed by atoms with Gasteiger partial charge in [-0.1, -0.05) is 32.1 Å². The number of hydrogen-bond donors (Lipinski definition) is 1. The van der Waals surface area contributed by atoms with Crippen molar-refractivity contribution in [2.75, 3.05) is 5.32 Å². The summed E-state index contributed by atoms with van der Waals surface area (Å²) in [7, 11) is 0. The molecule has 0 aromatic carbocycles. The molecule has 0 radical (unpaired) electrons. The molecule has 7 heteroatoms. The zero-order valence-electron chi connectivity index (χ0n) is 11.0. The van der Waals surface area contributed by atoms with Crippen LogP contribution in [0.1, 0.15) is 50.6 Å². The Hall–Kier alpha value is -1.53. The first-order valence-electron chi connectivity index (χ1n) is 6.78. The van der Waals surface area contributed by atoms with Gasteiger partial charge in [-0.05, 0) is 12.3 Å². The summed E-state index contributed by atoms with van der Waals surface area (Å²) >= 11 is 0. The van der Waals surface area contributed by atoms with Gasteiger partial charge >= 0.3 is 12.2 Å². The predicted octanol–water partition coefficient (Wildman–Crippen LogP) is 3.99. The lowest BCUT2D eigenvalue weighted by atomic mass is 9.86. The van der Waals surface area contributed by atoms with Crippen molar-refractivity contribution in [3.63, 3.8) is 0 Å². The Balaban J connectivity index is 1.77. The molecule has 0 aliphatic heterocycles. The second kappa shape index (κ2) is 6.28. The summed E-state index contributed by atoms with van der Waals surface area (Å²) in [5, 5.41) is 2.26. The minimum absolute atomic E-state index is 0.286. The van der Waals surface area contributed by atoms with Crippen molar-refractivity contribution in [1.82, 2.24) is 4.98 Å². The van der Waals surface area contributed by atoms with Gasteiger partial charge in [0.05, 0.1) is 0 Å². The maximum Gasteiger partial charge on any atom is 0.436 e. The standard InChI is InChI=1S/C13H17F3N2O2/c14-13(15,16)10-8-20-12(17-10)18-11(19)7-6-9-4-2-1-3-5-9/h8-9H,1-7H2,(H,17,18,19). The summed E-state index contributed by atoms with van der Waals surface area (Å²) in [6.45, 7) is 0. The molecular weight excluding hydrogens is 273 g/mol. The number of halogens is 3. The fourth-order valence-electron chi connectivity index (χ4n) is 2.45. The minimum Gasteiger partial charge on any atom is -0.431 e. The maximum atomic E-state index is 12.3. The number of nitrogens with zero attached hydrogens (tertiary/aromatic N) is 1. The van der Waals surface area contributed by atoms with Gasteiger partial charge in [0.1, 0.15) is 6.26 Å². The van der Waals surface area contributed by atoms with Crippen molar-refractivity contribution >= 4 is 11.9 Å². The number of carbonyl (C=O) groups is 1. The Labute approximate surface area is 114 Å². The highest BCUT2D eigenvalue weighted by atomic mass is 19.4. The van der Waals surface area contributed by atoms with Crippen LogP contribution in [0.4, 0.5) is 19.2 Å². The zero-order valence-corrected chi connectivity index (χ0v) is 11.0. The molecule has 1 aromatic rings. The van der Waals surface area contributed by atoms with Gasteiger partial charge in [0, 0.05) is 6.42 Å². The van der Waals surface area contributed by atoms with Gasteiger partial charge in [-0.25, -0.2) is 0 Å². The molecule has 0 unspecified atom stereocenters. The lowest BCUT2D eigenvalue weighted by Crippen LogP contribution is -2.15. The minimum atomic E-state index is -4.56. The highest BCUT2D eigenvalue weighted by molar-refractivity contribution is 5.88. The molecule has 112 valence electrons. The Kier molecular flexibility index (Phi) is 4.67. The molecule has 1 N–H and O–H groups in total. The van der Waals surface area contributed by atoms with Crippen LogP contribution in [-0.4, -0.2) is 10.9 Å². The van der Waals surface area contributed by atoms with Gasteiger partial charge in [-0.3, -0.25) is 10.1 Å². The van der Waals surface area contributed by atoms with Crippen molar-refractivity contribution in [2.24, 2.45) is 5.92 Å². The molecule has 1 aliphatic rings. The SMILES string of the molecule is O=C(CCC1CCCCC1)Nc1nc(C(F)(F)F)co1. The number of anilines is 1. The summed E-state index contributed by atoms with van der Waals surface area (Å²) in [6.07, 6.45) is 2.88. The predicted molar refractivity (Wildman–Crippen MR) is 65.9 cm³/mol. The number of nitrogens with one attached hydrogen (secondary N) is 1. The first kappa shape index (κ1) is 14.9. The third-order valence-electron chi connectivity index (χ3n) is 3.55. The van der Waals surface area contributed by atoms with Crippen LogP contribution in [0.15, 0.2) is 10.7 Å². The van der Waals surface area contributed by atoms with Gasteiger partial charge in [0.15, 0.2) is 5.69 Å². The Morgan fingerprint density at radius 1 is 1.35 bits per heavy atom. The molecule has 20 heavy (non-hydrogen) atoms. The van der Waals surface area contributed by atoms with E-state index in [0.29, 0.717) is 12.2 Å². The topological polar surface area (TPSA) is 55.1 Å². The molecular formula is C13H17F3N2O2. The molecule has 1 fully saturated rings. The smallest absolute Gasteiger partial charge is 0.431 e. The second-order valence-corrected chi connectivity index (χ2v) is 5.13. The molecule has 0 atom stereocenters. The molecule has 0 bridgehead atoms. The molecule has 2 rings (SSSR count). The van der Waals surface area contributed by atoms with E-state index in [1.165, 1.54) is 19.3 Å². The van der Waals surface area contributed by atoms with Gasteiger partial charge < -0.3 is 4.42 Å². The number of hydrogen-bond acceptors (Lipinski definition) is 3. The van der Waals surface area contributed by atoms with E-state index < -0.39 is 17.9 Å². The summed E-state index contributed by atoms with van der Waals surface area (Å²) in [5.41, 5.74) is -1.14. The zero-order chi connectivity index (χ0) is 14.6. The van der Waals surface area contributed by atoms with E-state index in [1.807, 2.05) is 0 Å². The van der Waals surface area contributed by atoms with Crippen LogP contribution in [0, 0.1) is 5.92 Å². The number of rotatable bonds is 4. The van der Waals surface area contributed by atoms with E-state index in [-0.39, 0.29) is 12.3 Å². The molecule has 1 amide bonds. The van der Waals surface area contributed by atoms with Crippen molar-refractivity contribution < 1.29 is 22.4 Å². The first-order valence-corrected chi connectivity index (χ1v) is 6.78. The fraction of sp³-hybridized carbons (Fsp3) is 0.692. The second-order valence-electron chi connectivity index (χ2n) is 5.13. The van der Waals surface area contributed by atoms with E-state index in [4.69, 9.17) is 0 Å². The molecule has 0 spiro atoms. The van der Waals surface area contributed by atoms with Crippen molar-refractivity contribution in [3.8, 4) is 0 Å². The van der Waals surface area contributed by atoms with Crippen molar-refractivity contribution in [1.29, 1.82) is 0 Å². The Morgan fingerprint density at radius 3 is 2.65 bits per heavy atom. The number of aromatic nitrogens is 1. The molecule has 1 heterocycles. The van der Waals surface area contributed by atoms with Crippen LogP contribution in [0.3, 0.4) is 0 Å².